The molecule has 1 atom stereocenters. The number of aliphatic carboxylic acids is 1. The van der Waals surface area contributed by atoms with Crippen LogP contribution in [0.25, 0.3) is 0 Å². The van der Waals surface area contributed by atoms with Crippen molar-refractivity contribution >= 4 is 11.9 Å². The summed E-state index contributed by atoms with van der Waals surface area (Å²) in [6, 6.07) is 9.44. The highest BCUT2D eigenvalue weighted by molar-refractivity contribution is 5.90. The second-order valence-corrected chi connectivity index (χ2v) is 5.57. The van der Waals surface area contributed by atoms with E-state index in [2.05, 4.69) is 5.32 Å². The summed E-state index contributed by atoms with van der Waals surface area (Å²) in [5.41, 5.74) is -0.167. The zero-order valence-electron chi connectivity index (χ0n) is 11.8. The summed E-state index contributed by atoms with van der Waals surface area (Å²) < 4.78 is 0. The predicted molar refractivity (Wildman–Crippen MR) is 76.5 cm³/mol. The number of hydrogen-bond donors (Lipinski definition) is 2. The lowest BCUT2D eigenvalue weighted by Gasteiger charge is -2.34. The maximum atomic E-state index is 12.3. The van der Waals surface area contributed by atoms with Crippen molar-refractivity contribution in [3.05, 3.63) is 35.9 Å². The Balaban J connectivity index is 2.11. The van der Waals surface area contributed by atoms with Crippen LogP contribution in [0.1, 0.15) is 50.5 Å². The van der Waals surface area contributed by atoms with E-state index in [1.165, 1.54) is 0 Å². The van der Waals surface area contributed by atoms with Crippen molar-refractivity contribution in [1.82, 2.24) is 5.32 Å². The van der Waals surface area contributed by atoms with Crippen molar-refractivity contribution < 1.29 is 14.7 Å². The molecule has 0 saturated heterocycles. The van der Waals surface area contributed by atoms with Crippen LogP contribution in [0.3, 0.4) is 0 Å². The first-order valence-corrected chi connectivity index (χ1v) is 7.15. The SMILES string of the molecule is CC(C(=O)NC1(C(=O)O)CCCCC1)c1ccccc1. The maximum Gasteiger partial charge on any atom is 0.329 e. The van der Waals surface area contributed by atoms with Crippen molar-refractivity contribution in [2.24, 2.45) is 0 Å². The largest absolute Gasteiger partial charge is 0.480 e. The number of carboxylic acids is 1. The molecule has 0 heterocycles. The van der Waals surface area contributed by atoms with E-state index in [0.717, 1.165) is 24.8 Å². The van der Waals surface area contributed by atoms with Crippen LogP contribution in [0, 0.1) is 0 Å². The van der Waals surface area contributed by atoms with E-state index >= 15 is 0 Å². The molecule has 2 N–H and O–H groups in total. The summed E-state index contributed by atoms with van der Waals surface area (Å²) in [6.07, 6.45) is 3.79. The highest BCUT2D eigenvalue weighted by atomic mass is 16.4. The molecule has 0 bridgehead atoms. The van der Waals surface area contributed by atoms with E-state index in [1.807, 2.05) is 37.3 Å². The minimum absolute atomic E-state index is 0.208. The second-order valence-electron chi connectivity index (χ2n) is 5.57. The fourth-order valence-electron chi connectivity index (χ4n) is 2.78. The van der Waals surface area contributed by atoms with Crippen LogP contribution in [-0.2, 0) is 9.59 Å². The number of carboxylic acid groups (broad SMARTS) is 1. The van der Waals surface area contributed by atoms with Gasteiger partial charge in [0.15, 0.2) is 0 Å². The molecule has 1 aromatic rings. The number of rotatable bonds is 4. The van der Waals surface area contributed by atoms with Crippen molar-refractivity contribution in [2.45, 2.75) is 50.5 Å². The molecule has 0 radical (unpaired) electrons. The Morgan fingerprint density at radius 1 is 1.15 bits per heavy atom. The van der Waals surface area contributed by atoms with E-state index in [4.69, 9.17) is 0 Å². The Bertz CT molecular complexity index is 478. The third kappa shape index (κ3) is 3.00. The van der Waals surface area contributed by atoms with Crippen molar-refractivity contribution in [3.8, 4) is 0 Å². The molecule has 2 rings (SSSR count). The molecule has 1 amide bonds. The van der Waals surface area contributed by atoms with Gasteiger partial charge in [0.2, 0.25) is 5.91 Å². The summed E-state index contributed by atoms with van der Waals surface area (Å²) in [4.78, 5) is 23.9. The summed E-state index contributed by atoms with van der Waals surface area (Å²) >= 11 is 0. The zero-order chi connectivity index (χ0) is 14.6. The Labute approximate surface area is 119 Å². The van der Waals surface area contributed by atoms with E-state index in [-0.39, 0.29) is 11.8 Å². The zero-order valence-corrected chi connectivity index (χ0v) is 11.8. The van der Waals surface area contributed by atoms with Gasteiger partial charge in [0.25, 0.3) is 0 Å². The molecule has 4 nitrogen and oxygen atoms in total. The topological polar surface area (TPSA) is 66.4 Å². The van der Waals surface area contributed by atoms with Crippen LogP contribution in [0.4, 0.5) is 0 Å². The number of benzene rings is 1. The van der Waals surface area contributed by atoms with E-state index < -0.39 is 11.5 Å². The number of amides is 1. The first-order chi connectivity index (χ1) is 9.55. The summed E-state index contributed by atoms with van der Waals surface area (Å²) in [5.74, 6) is -1.46. The van der Waals surface area contributed by atoms with E-state index in [0.29, 0.717) is 12.8 Å². The van der Waals surface area contributed by atoms with Gasteiger partial charge in [-0.05, 0) is 25.3 Å². The van der Waals surface area contributed by atoms with Crippen LogP contribution in [-0.4, -0.2) is 22.5 Å². The standard InChI is InChI=1S/C16H21NO3/c1-12(13-8-4-2-5-9-13)14(18)17-16(15(19)20)10-6-3-7-11-16/h2,4-5,8-9,12H,3,6-7,10-11H2,1H3,(H,17,18)(H,19,20). The van der Waals surface area contributed by atoms with Gasteiger partial charge in [-0.25, -0.2) is 4.79 Å². The molecule has 0 aromatic heterocycles. The molecule has 1 aromatic carbocycles. The second kappa shape index (κ2) is 6.07. The third-order valence-electron chi connectivity index (χ3n) is 4.17. The maximum absolute atomic E-state index is 12.3. The molecule has 1 unspecified atom stereocenters. The first kappa shape index (κ1) is 14.6. The van der Waals surface area contributed by atoms with Gasteiger partial charge in [0, 0.05) is 0 Å². The van der Waals surface area contributed by atoms with Gasteiger partial charge in [-0.1, -0.05) is 49.6 Å². The average Bonchev–Trinajstić information content (AvgIpc) is 2.48. The quantitative estimate of drug-likeness (QED) is 0.887. The number of nitrogens with one attached hydrogen (secondary N) is 1. The summed E-state index contributed by atoms with van der Waals surface area (Å²) in [6.45, 7) is 1.81. The molecule has 20 heavy (non-hydrogen) atoms. The van der Waals surface area contributed by atoms with Crippen molar-refractivity contribution in [3.63, 3.8) is 0 Å². The van der Waals surface area contributed by atoms with Gasteiger partial charge in [0.05, 0.1) is 5.92 Å². The Hall–Kier alpha value is -1.84. The van der Waals surface area contributed by atoms with Crippen LogP contribution in [0.2, 0.25) is 0 Å². The molecule has 1 aliphatic rings. The molecular weight excluding hydrogens is 254 g/mol. The molecule has 0 spiro atoms. The molecule has 1 saturated carbocycles. The molecule has 0 aliphatic heterocycles. The Morgan fingerprint density at radius 2 is 1.75 bits per heavy atom. The highest BCUT2D eigenvalue weighted by Gasteiger charge is 2.41. The normalized spacial score (nSPS) is 19.1. The molecule has 1 fully saturated rings. The molecule has 108 valence electrons. The van der Waals surface area contributed by atoms with Gasteiger partial charge < -0.3 is 10.4 Å². The van der Waals surface area contributed by atoms with Crippen molar-refractivity contribution in [1.29, 1.82) is 0 Å². The molecular formula is C16H21NO3. The highest BCUT2D eigenvalue weighted by Crippen LogP contribution is 2.29. The van der Waals surface area contributed by atoms with Gasteiger partial charge in [-0.3, -0.25) is 4.79 Å². The van der Waals surface area contributed by atoms with E-state index in [1.54, 1.807) is 0 Å². The van der Waals surface area contributed by atoms with Crippen LogP contribution in [0.5, 0.6) is 0 Å². The lowest BCUT2D eigenvalue weighted by Crippen LogP contribution is -2.56. The minimum Gasteiger partial charge on any atom is -0.480 e. The molecule has 4 heteroatoms. The van der Waals surface area contributed by atoms with Gasteiger partial charge in [-0.15, -0.1) is 0 Å². The van der Waals surface area contributed by atoms with E-state index in [9.17, 15) is 14.7 Å². The van der Waals surface area contributed by atoms with Crippen molar-refractivity contribution in [2.75, 3.05) is 0 Å². The molecule has 1 aliphatic carbocycles. The van der Waals surface area contributed by atoms with Crippen LogP contribution in [0.15, 0.2) is 30.3 Å². The predicted octanol–water partition coefficient (Wildman–Crippen LogP) is 2.69. The summed E-state index contributed by atoms with van der Waals surface area (Å²) in [5, 5.41) is 12.3. The summed E-state index contributed by atoms with van der Waals surface area (Å²) in [7, 11) is 0. The lowest BCUT2D eigenvalue weighted by molar-refractivity contribution is -0.149. The van der Waals surface area contributed by atoms with Crippen LogP contribution >= 0.6 is 0 Å². The van der Waals surface area contributed by atoms with Gasteiger partial charge in [-0.2, -0.15) is 0 Å². The van der Waals surface area contributed by atoms with Crippen LogP contribution < -0.4 is 5.32 Å². The van der Waals surface area contributed by atoms with Gasteiger partial charge in [0.1, 0.15) is 5.54 Å². The third-order valence-corrected chi connectivity index (χ3v) is 4.17. The number of carbonyl (C=O) groups excluding carboxylic acids is 1. The minimum atomic E-state index is -1.07. The average molecular weight is 275 g/mol. The monoisotopic (exact) mass is 275 g/mol. The number of carbonyl (C=O) groups is 2. The Kier molecular flexibility index (Phi) is 4.42. The lowest BCUT2D eigenvalue weighted by atomic mass is 9.81. The Morgan fingerprint density at radius 3 is 2.30 bits per heavy atom. The first-order valence-electron chi connectivity index (χ1n) is 7.15. The van der Waals surface area contributed by atoms with Gasteiger partial charge >= 0.3 is 5.97 Å². The fraction of sp³-hybridized carbons (Fsp3) is 0.500. The number of hydrogen-bond acceptors (Lipinski definition) is 2. The fourth-order valence-corrected chi connectivity index (χ4v) is 2.78. The smallest absolute Gasteiger partial charge is 0.329 e.